The highest BCUT2D eigenvalue weighted by molar-refractivity contribution is 9.10. The van der Waals surface area contributed by atoms with Crippen LogP contribution in [0.4, 0.5) is 4.39 Å². The zero-order valence-electron chi connectivity index (χ0n) is 10.9. The fraction of sp³-hybridized carbons (Fsp3) is 0.250. The van der Waals surface area contributed by atoms with Crippen LogP contribution in [0.2, 0.25) is 0 Å². The van der Waals surface area contributed by atoms with Crippen LogP contribution in [-0.2, 0) is 6.54 Å². The lowest BCUT2D eigenvalue weighted by atomic mass is 10.2. The van der Waals surface area contributed by atoms with E-state index in [-0.39, 0.29) is 5.82 Å². The van der Waals surface area contributed by atoms with Crippen molar-refractivity contribution in [3.05, 3.63) is 58.3 Å². The third-order valence-electron chi connectivity index (χ3n) is 3.26. The van der Waals surface area contributed by atoms with Crippen LogP contribution in [0.5, 0.6) is 11.5 Å². The maximum absolute atomic E-state index is 14.0. The highest BCUT2D eigenvalue weighted by atomic mass is 79.9. The highest BCUT2D eigenvalue weighted by Gasteiger charge is 2.21. The monoisotopic (exact) mass is 335 g/mol. The molecule has 3 rings (SSSR count). The van der Waals surface area contributed by atoms with E-state index in [1.165, 1.54) is 18.9 Å². The summed E-state index contributed by atoms with van der Waals surface area (Å²) in [4.78, 5) is 0. The van der Waals surface area contributed by atoms with Crippen LogP contribution in [0.15, 0.2) is 46.9 Å². The van der Waals surface area contributed by atoms with Gasteiger partial charge >= 0.3 is 0 Å². The zero-order valence-corrected chi connectivity index (χ0v) is 12.5. The van der Waals surface area contributed by atoms with E-state index < -0.39 is 0 Å². The van der Waals surface area contributed by atoms with Crippen molar-refractivity contribution in [2.24, 2.45) is 0 Å². The Morgan fingerprint density at radius 3 is 2.60 bits per heavy atom. The maximum atomic E-state index is 14.0. The van der Waals surface area contributed by atoms with Gasteiger partial charge in [-0.05, 0) is 49.2 Å². The van der Waals surface area contributed by atoms with Gasteiger partial charge in [0.15, 0.2) is 0 Å². The predicted molar refractivity (Wildman–Crippen MR) is 80.5 cm³/mol. The molecule has 1 N–H and O–H groups in total. The molecule has 0 radical (unpaired) electrons. The predicted octanol–water partition coefficient (Wildman–Crippen LogP) is 4.63. The first-order chi connectivity index (χ1) is 9.72. The van der Waals surface area contributed by atoms with Crippen molar-refractivity contribution >= 4 is 15.9 Å². The van der Waals surface area contributed by atoms with Crippen molar-refractivity contribution in [1.82, 2.24) is 5.32 Å². The molecule has 1 aliphatic carbocycles. The number of benzene rings is 2. The molecule has 0 heterocycles. The standard InChI is InChI=1S/C16H15BrFNO/c17-11-4-8-13(9-5-11)20-16-3-1-2-15(18)14(16)10-19-12-6-7-12/h1-5,8-9,12,19H,6-7,10H2. The Bertz CT molecular complexity index is 596. The first-order valence-electron chi connectivity index (χ1n) is 6.66. The second kappa shape index (κ2) is 5.94. The summed E-state index contributed by atoms with van der Waals surface area (Å²) < 4.78 is 20.7. The van der Waals surface area contributed by atoms with Crippen LogP contribution < -0.4 is 10.1 Å². The fourth-order valence-electron chi connectivity index (χ4n) is 1.97. The van der Waals surface area contributed by atoms with Crippen LogP contribution in [-0.4, -0.2) is 6.04 Å². The number of hydrogen-bond donors (Lipinski definition) is 1. The van der Waals surface area contributed by atoms with Gasteiger partial charge in [0.1, 0.15) is 17.3 Å². The van der Waals surface area contributed by atoms with E-state index in [4.69, 9.17) is 4.74 Å². The molecule has 0 aromatic heterocycles. The van der Waals surface area contributed by atoms with Crippen LogP contribution in [0.3, 0.4) is 0 Å². The Balaban J connectivity index is 1.80. The van der Waals surface area contributed by atoms with E-state index >= 15 is 0 Å². The molecule has 0 aliphatic heterocycles. The molecule has 1 fully saturated rings. The molecule has 2 nitrogen and oxygen atoms in total. The maximum Gasteiger partial charge on any atom is 0.134 e. The van der Waals surface area contributed by atoms with Gasteiger partial charge < -0.3 is 10.1 Å². The first kappa shape index (κ1) is 13.6. The Labute approximate surface area is 126 Å². The summed E-state index contributed by atoms with van der Waals surface area (Å²) in [7, 11) is 0. The molecule has 2 aromatic rings. The third-order valence-corrected chi connectivity index (χ3v) is 3.79. The molecule has 0 saturated heterocycles. The fourth-order valence-corrected chi connectivity index (χ4v) is 2.23. The SMILES string of the molecule is Fc1cccc(Oc2ccc(Br)cc2)c1CNC1CC1. The molecular weight excluding hydrogens is 321 g/mol. The minimum atomic E-state index is -0.229. The molecule has 0 spiro atoms. The van der Waals surface area contributed by atoms with Crippen LogP contribution in [0, 0.1) is 5.82 Å². The molecule has 1 aliphatic rings. The Morgan fingerprint density at radius 2 is 1.90 bits per heavy atom. The molecule has 20 heavy (non-hydrogen) atoms. The van der Waals surface area contributed by atoms with Gasteiger partial charge in [-0.1, -0.05) is 22.0 Å². The molecule has 4 heteroatoms. The van der Waals surface area contributed by atoms with Crippen molar-refractivity contribution < 1.29 is 9.13 Å². The number of hydrogen-bond acceptors (Lipinski definition) is 2. The van der Waals surface area contributed by atoms with Crippen molar-refractivity contribution in [2.45, 2.75) is 25.4 Å². The quantitative estimate of drug-likeness (QED) is 0.859. The van der Waals surface area contributed by atoms with E-state index in [1.807, 2.05) is 24.3 Å². The molecule has 0 bridgehead atoms. The first-order valence-corrected chi connectivity index (χ1v) is 7.46. The second-order valence-electron chi connectivity index (χ2n) is 4.93. The summed E-state index contributed by atoms with van der Waals surface area (Å²) >= 11 is 3.38. The average molecular weight is 336 g/mol. The van der Waals surface area contributed by atoms with Gasteiger partial charge in [0, 0.05) is 22.6 Å². The molecule has 0 atom stereocenters. The Kier molecular flexibility index (Phi) is 4.03. The molecule has 0 unspecified atom stereocenters. The minimum absolute atomic E-state index is 0.229. The van der Waals surface area contributed by atoms with E-state index in [0.717, 1.165) is 4.47 Å². The largest absolute Gasteiger partial charge is 0.457 e. The number of ether oxygens (including phenoxy) is 1. The van der Waals surface area contributed by atoms with Crippen LogP contribution in [0.1, 0.15) is 18.4 Å². The van der Waals surface area contributed by atoms with E-state index in [2.05, 4.69) is 21.2 Å². The topological polar surface area (TPSA) is 21.3 Å². The van der Waals surface area contributed by atoms with E-state index in [1.54, 1.807) is 12.1 Å². The average Bonchev–Trinajstić information content (AvgIpc) is 3.25. The van der Waals surface area contributed by atoms with Gasteiger partial charge in [0.25, 0.3) is 0 Å². The molecule has 2 aromatic carbocycles. The zero-order chi connectivity index (χ0) is 13.9. The summed E-state index contributed by atoms with van der Waals surface area (Å²) in [6.45, 7) is 0.503. The van der Waals surface area contributed by atoms with Crippen LogP contribution >= 0.6 is 15.9 Å². The van der Waals surface area contributed by atoms with Gasteiger partial charge in [0.05, 0.1) is 0 Å². The van der Waals surface area contributed by atoms with Crippen molar-refractivity contribution in [1.29, 1.82) is 0 Å². The molecular formula is C16H15BrFNO. The number of rotatable bonds is 5. The third kappa shape index (κ3) is 3.38. The van der Waals surface area contributed by atoms with Crippen LogP contribution in [0.25, 0.3) is 0 Å². The highest BCUT2D eigenvalue weighted by Crippen LogP contribution is 2.29. The van der Waals surface area contributed by atoms with Gasteiger partial charge in [-0.3, -0.25) is 0 Å². The molecule has 0 amide bonds. The smallest absolute Gasteiger partial charge is 0.134 e. The summed E-state index contributed by atoms with van der Waals surface area (Å²) in [6, 6.07) is 13.0. The summed E-state index contributed by atoms with van der Waals surface area (Å²) in [5.41, 5.74) is 0.585. The van der Waals surface area contributed by atoms with E-state index in [0.29, 0.717) is 29.6 Å². The van der Waals surface area contributed by atoms with Crippen molar-refractivity contribution in [3.8, 4) is 11.5 Å². The lowest BCUT2D eigenvalue weighted by molar-refractivity contribution is 0.461. The normalized spacial score (nSPS) is 14.3. The number of nitrogens with one attached hydrogen (secondary N) is 1. The van der Waals surface area contributed by atoms with Gasteiger partial charge in [0.2, 0.25) is 0 Å². The van der Waals surface area contributed by atoms with Gasteiger partial charge in [-0.15, -0.1) is 0 Å². The lowest BCUT2D eigenvalue weighted by Crippen LogP contribution is -2.16. The summed E-state index contributed by atoms with van der Waals surface area (Å²) in [5.74, 6) is 1.04. The van der Waals surface area contributed by atoms with Gasteiger partial charge in [-0.25, -0.2) is 4.39 Å². The summed E-state index contributed by atoms with van der Waals surface area (Å²) in [6.07, 6.45) is 2.36. The van der Waals surface area contributed by atoms with Crippen molar-refractivity contribution in [2.75, 3.05) is 0 Å². The number of halogens is 2. The van der Waals surface area contributed by atoms with Gasteiger partial charge in [-0.2, -0.15) is 0 Å². The molecule has 104 valence electrons. The molecule has 1 saturated carbocycles. The Hall–Kier alpha value is -1.39. The second-order valence-corrected chi connectivity index (χ2v) is 5.84. The lowest BCUT2D eigenvalue weighted by Gasteiger charge is -2.12. The van der Waals surface area contributed by atoms with Crippen molar-refractivity contribution in [3.63, 3.8) is 0 Å². The summed E-state index contributed by atoms with van der Waals surface area (Å²) in [5, 5.41) is 3.32. The Morgan fingerprint density at radius 1 is 1.15 bits per heavy atom. The minimum Gasteiger partial charge on any atom is -0.457 e. The van der Waals surface area contributed by atoms with E-state index in [9.17, 15) is 4.39 Å².